The van der Waals surface area contributed by atoms with Gasteiger partial charge in [0.25, 0.3) is 0 Å². The number of carbonyl (C=O) groups excluding carboxylic acids is 1. The molecule has 1 aliphatic heterocycles. The standard InChI is InChI=1S/C14H17N3O/c1-9-4-3-5-13(12(9)8-15)17-14(18)11-6-7-16-10(11)2/h3-5,10-11,16H,6-7H2,1-2H3,(H,17,18). The van der Waals surface area contributed by atoms with E-state index in [9.17, 15) is 4.79 Å². The van der Waals surface area contributed by atoms with Crippen molar-refractivity contribution in [3.05, 3.63) is 29.3 Å². The number of carbonyl (C=O) groups is 1. The molecule has 1 aromatic rings. The molecular weight excluding hydrogens is 226 g/mol. The van der Waals surface area contributed by atoms with Crippen molar-refractivity contribution in [1.82, 2.24) is 5.32 Å². The van der Waals surface area contributed by atoms with Gasteiger partial charge in [-0.15, -0.1) is 0 Å². The summed E-state index contributed by atoms with van der Waals surface area (Å²) in [4.78, 5) is 12.1. The minimum absolute atomic E-state index is 0.00500. The minimum atomic E-state index is -0.0166. The van der Waals surface area contributed by atoms with Crippen LogP contribution in [0.15, 0.2) is 18.2 Å². The van der Waals surface area contributed by atoms with Crippen molar-refractivity contribution in [2.75, 3.05) is 11.9 Å². The lowest BCUT2D eigenvalue weighted by atomic mass is 10.0. The van der Waals surface area contributed by atoms with E-state index in [0.717, 1.165) is 18.5 Å². The van der Waals surface area contributed by atoms with Crippen molar-refractivity contribution in [3.8, 4) is 6.07 Å². The second-order valence-electron chi connectivity index (χ2n) is 4.74. The molecule has 0 saturated carbocycles. The van der Waals surface area contributed by atoms with Crippen LogP contribution in [0.5, 0.6) is 0 Å². The Morgan fingerprint density at radius 1 is 1.56 bits per heavy atom. The first-order chi connectivity index (χ1) is 8.63. The lowest BCUT2D eigenvalue weighted by Crippen LogP contribution is -2.32. The van der Waals surface area contributed by atoms with Crippen LogP contribution in [0.1, 0.15) is 24.5 Å². The zero-order chi connectivity index (χ0) is 13.1. The Kier molecular flexibility index (Phi) is 3.63. The molecule has 1 fully saturated rings. The van der Waals surface area contributed by atoms with E-state index in [2.05, 4.69) is 16.7 Å². The van der Waals surface area contributed by atoms with E-state index in [4.69, 9.17) is 5.26 Å². The predicted octanol–water partition coefficient (Wildman–Crippen LogP) is 1.80. The Balaban J connectivity index is 2.17. The van der Waals surface area contributed by atoms with E-state index < -0.39 is 0 Å². The molecule has 4 heteroatoms. The third-order valence-corrected chi connectivity index (χ3v) is 3.50. The van der Waals surface area contributed by atoms with E-state index in [0.29, 0.717) is 11.3 Å². The second kappa shape index (κ2) is 5.19. The number of hydrogen-bond donors (Lipinski definition) is 2. The fourth-order valence-electron chi connectivity index (χ4n) is 2.36. The van der Waals surface area contributed by atoms with Crippen molar-refractivity contribution >= 4 is 11.6 Å². The number of amides is 1. The third kappa shape index (κ3) is 2.36. The number of hydrogen-bond acceptors (Lipinski definition) is 3. The van der Waals surface area contributed by atoms with Crippen LogP contribution in [0.4, 0.5) is 5.69 Å². The van der Waals surface area contributed by atoms with Gasteiger partial charge in [-0.25, -0.2) is 0 Å². The van der Waals surface area contributed by atoms with Gasteiger partial charge in [-0.05, 0) is 38.4 Å². The lowest BCUT2D eigenvalue weighted by Gasteiger charge is -2.16. The van der Waals surface area contributed by atoms with Crippen molar-refractivity contribution in [2.45, 2.75) is 26.3 Å². The molecule has 0 spiro atoms. The monoisotopic (exact) mass is 243 g/mol. The van der Waals surface area contributed by atoms with Gasteiger partial charge in [-0.2, -0.15) is 5.26 Å². The van der Waals surface area contributed by atoms with Crippen LogP contribution in [0.25, 0.3) is 0 Å². The summed E-state index contributed by atoms with van der Waals surface area (Å²) in [7, 11) is 0. The number of nitrogens with one attached hydrogen (secondary N) is 2. The molecule has 0 bridgehead atoms. The number of benzene rings is 1. The number of nitriles is 1. The fourth-order valence-corrected chi connectivity index (χ4v) is 2.36. The molecule has 1 amide bonds. The number of aryl methyl sites for hydroxylation is 1. The maximum absolute atomic E-state index is 12.1. The molecule has 2 rings (SSSR count). The van der Waals surface area contributed by atoms with Crippen molar-refractivity contribution in [3.63, 3.8) is 0 Å². The summed E-state index contributed by atoms with van der Waals surface area (Å²) in [6.45, 7) is 4.75. The number of nitrogens with zero attached hydrogens (tertiary/aromatic N) is 1. The van der Waals surface area contributed by atoms with Gasteiger partial charge in [-0.1, -0.05) is 12.1 Å². The van der Waals surface area contributed by atoms with E-state index >= 15 is 0 Å². The zero-order valence-corrected chi connectivity index (χ0v) is 10.7. The highest BCUT2D eigenvalue weighted by atomic mass is 16.1. The average Bonchev–Trinajstić information content (AvgIpc) is 2.76. The molecule has 94 valence electrons. The first kappa shape index (κ1) is 12.6. The Hall–Kier alpha value is -1.86. The van der Waals surface area contributed by atoms with Gasteiger partial charge in [0, 0.05) is 6.04 Å². The summed E-state index contributed by atoms with van der Waals surface area (Å²) in [5.41, 5.74) is 2.04. The second-order valence-corrected chi connectivity index (χ2v) is 4.74. The SMILES string of the molecule is Cc1cccc(NC(=O)C2CCNC2C)c1C#N. The number of anilines is 1. The van der Waals surface area contributed by atoms with Gasteiger partial charge in [0.1, 0.15) is 6.07 Å². The Bertz CT molecular complexity index is 504. The van der Waals surface area contributed by atoms with Crippen molar-refractivity contribution in [2.24, 2.45) is 5.92 Å². The summed E-state index contributed by atoms with van der Waals surface area (Å²) in [5, 5.41) is 15.2. The molecule has 2 unspecified atom stereocenters. The molecule has 2 atom stereocenters. The van der Waals surface area contributed by atoms with E-state index in [1.165, 1.54) is 0 Å². The predicted molar refractivity (Wildman–Crippen MR) is 70.1 cm³/mol. The zero-order valence-electron chi connectivity index (χ0n) is 10.7. The first-order valence-corrected chi connectivity index (χ1v) is 6.17. The topological polar surface area (TPSA) is 64.9 Å². The first-order valence-electron chi connectivity index (χ1n) is 6.17. The summed E-state index contributed by atoms with van der Waals surface area (Å²) >= 11 is 0. The number of rotatable bonds is 2. The van der Waals surface area contributed by atoms with Gasteiger partial charge in [-0.3, -0.25) is 4.79 Å². The normalized spacial score (nSPS) is 22.5. The Morgan fingerprint density at radius 2 is 2.33 bits per heavy atom. The molecule has 0 aliphatic carbocycles. The van der Waals surface area contributed by atoms with Gasteiger partial charge in [0.15, 0.2) is 0 Å². The van der Waals surface area contributed by atoms with Gasteiger partial charge in [0.05, 0.1) is 17.2 Å². The Morgan fingerprint density at radius 3 is 2.94 bits per heavy atom. The smallest absolute Gasteiger partial charge is 0.229 e. The summed E-state index contributed by atoms with van der Waals surface area (Å²) in [6.07, 6.45) is 0.848. The summed E-state index contributed by atoms with van der Waals surface area (Å²) in [5.74, 6) is -0.0216. The van der Waals surface area contributed by atoms with E-state index in [1.54, 1.807) is 6.07 Å². The van der Waals surface area contributed by atoms with Crippen LogP contribution >= 0.6 is 0 Å². The van der Waals surface area contributed by atoms with E-state index in [1.807, 2.05) is 26.0 Å². The lowest BCUT2D eigenvalue weighted by molar-refractivity contribution is -0.120. The minimum Gasteiger partial charge on any atom is -0.325 e. The molecule has 0 radical (unpaired) electrons. The summed E-state index contributed by atoms with van der Waals surface area (Å²) in [6, 6.07) is 7.83. The highest BCUT2D eigenvalue weighted by Gasteiger charge is 2.29. The van der Waals surface area contributed by atoms with E-state index in [-0.39, 0.29) is 17.9 Å². The van der Waals surface area contributed by atoms with Gasteiger partial charge < -0.3 is 10.6 Å². The van der Waals surface area contributed by atoms with Crippen LogP contribution in [-0.2, 0) is 4.79 Å². The quantitative estimate of drug-likeness (QED) is 0.832. The molecule has 1 saturated heterocycles. The van der Waals surface area contributed by atoms with Crippen LogP contribution in [-0.4, -0.2) is 18.5 Å². The van der Waals surface area contributed by atoms with Crippen LogP contribution in [0, 0.1) is 24.2 Å². The van der Waals surface area contributed by atoms with Crippen molar-refractivity contribution in [1.29, 1.82) is 5.26 Å². The van der Waals surface area contributed by atoms with Crippen LogP contribution in [0.2, 0.25) is 0 Å². The molecule has 1 heterocycles. The largest absolute Gasteiger partial charge is 0.325 e. The van der Waals surface area contributed by atoms with Crippen LogP contribution < -0.4 is 10.6 Å². The van der Waals surface area contributed by atoms with Gasteiger partial charge >= 0.3 is 0 Å². The maximum Gasteiger partial charge on any atom is 0.229 e. The van der Waals surface area contributed by atoms with Crippen molar-refractivity contribution < 1.29 is 4.79 Å². The molecule has 4 nitrogen and oxygen atoms in total. The van der Waals surface area contributed by atoms with Gasteiger partial charge in [0.2, 0.25) is 5.91 Å². The molecular formula is C14H17N3O. The molecule has 1 aromatic carbocycles. The average molecular weight is 243 g/mol. The molecule has 18 heavy (non-hydrogen) atoms. The highest BCUT2D eigenvalue weighted by Crippen LogP contribution is 2.22. The maximum atomic E-state index is 12.1. The van der Waals surface area contributed by atoms with Crippen LogP contribution in [0.3, 0.4) is 0 Å². The third-order valence-electron chi connectivity index (χ3n) is 3.50. The summed E-state index contributed by atoms with van der Waals surface area (Å²) < 4.78 is 0. The molecule has 1 aliphatic rings. The molecule has 0 aromatic heterocycles. The fraction of sp³-hybridized carbons (Fsp3) is 0.429. The highest BCUT2D eigenvalue weighted by molar-refractivity contribution is 5.94. The Labute approximate surface area is 107 Å². The molecule has 2 N–H and O–H groups in total.